The molecule has 178 valence electrons. The smallest absolute Gasteiger partial charge is 0.321 e. The number of hydrogen-bond donors (Lipinski definition) is 2. The third-order valence-electron chi connectivity index (χ3n) is 4.68. The molecule has 2 rings (SSSR count). The van der Waals surface area contributed by atoms with Gasteiger partial charge in [-0.2, -0.15) is 4.31 Å². The lowest BCUT2D eigenvalue weighted by molar-refractivity contribution is -0.143. The summed E-state index contributed by atoms with van der Waals surface area (Å²) < 4.78 is 31.1. The number of nitrogens with one attached hydrogen (secondary N) is 2. The van der Waals surface area contributed by atoms with Crippen molar-refractivity contribution < 1.29 is 27.5 Å². The molecule has 0 fully saturated rings. The number of sulfonamides is 1. The van der Waals surface area contributed by atoms with E-state index >= 15 is 0 Å². The molecule has 9 nitrogen and oxygen atoms in total. The van der Waals surface area contributed by atoms with Gasteiger partial charge < -0.3 is 15.4 Å². The number of anilines is 1. The molecular formula is C23H29N3O6S. The van der Waals surface area contributed by atoms with Crippen molar-refractivity contribution in [1.82, 2.24) is 9.62 Å². The van der Waals surface area contributed by atoms with E-state index in [9.17, 15) is 22.8 Å². The van der Waals surface area contributed by atoms with Crippen LogP contribution in [0.5, 0.6) is 0 Å². The molecule has 2 N–H and O–H groups in total. The molecular weight excluding hydrogens is 446 g/mol. The van der Waals surface area contributed by atoms with Gasteiger partial charge in [-0.25, -0.2) is 8.42 Å². The molecule has 0 saturated heterocycles. The van der Waals surface area contributed by atoms with Gasteiger partial charge in [0.2, 0.25) is 21.8 Å². The molecule has 0 bridgehead atoms. The summed E-state index contributed by atoms with van der Waals surface area (Å²) in [4.78, 5) is 35.0. The summed E-state index contributed by atoms with van der Waals surface area (Å²) in [6.07, 6.45) is 0.930. The highest BCUT2D eigenvalue weighted by Gasteiger charge is 2.23. The highest BCUT2D eigenvalue weighted by molar-refractivity contribution is 7.89. The number of benzene rings is 2. The first-order valence-corrected chi connectivity index (χ1v) is 11.8. The second-order valence-corrected chi connectivity index (χ2v) is 9.57. The standard InChI is InChI=1S/C23H29N3O6S/c1-17-4-6-19(7-5-17)8-13-22(28)24-14-15-32-23(29)16-26(3)33(30,31)21-11-9-20(10-12-21)25-18(2)27/h4-7,9-12H,8,13-16H2,1-3H3,(H,24,28)(H,25,27). The topological polar surface area (TPSA) is 122 Å². The Morgan fingerprint density at radius 2 is 1.64 bits per heavy atom. The van der Waals surface area contributed by atoms with Gasteiger partial charge in [-0.3, -0.25) is 14.4 Å². The summed E-state index contributed by atoms with van der Waals surface area (Å²) in [5.41, 5.74) is 2.68. The number of rotatable bonds is 11. The Hall–Kier alpha value is -3.24. The third-order valence-corrected chi connectivity index (χ3v) is 6.50. The first-order valence-electron chi connectivity index (χ1n) is 10.4. The zero-order chi connectivity index (χ0) is 24.4. The third kappa shape index (κ3) is 8.66. The average Bonchev–Trinajstić information content (AvgIpc) is 2.76. The predicted molar refractivity (Wildman–Crippen MR) is 124 cm³/mol. The fraction of sp³-hybridized carbons (Fsp3) is 0.348. The van der Waals surface area contributed by atoms with Crippen molar-refractivity contribution in [3.63, 3.8) is 0 Å². The molecule has 0 heterocycles. The van der Waals surface area contributed by atoms with Gasteiger partial charge in [0.1, 0.15) is 13.2 Å². The van der Waals surface area contributed by atoms with Gasteiger partial charge in [0.15, 0.2) is 0 Å². The fourth-order valence-corrected chi connectivity index (χ4v) is 3.98. The summed E-state index contributed by atoms with van der Waals surface area (Å²) >= 11 is 0. The molecule has 0 atom stereocenters. The van der Waals surface area contributed by atoms with Crippen molar-refractivity contribution in [3.8, 4) is 0 Å². The zero-order valence-electron chi connectivity index (χ0n) is 19.0. The minimum atomic E-state index is -3.91. The van der Waals surface area contributed by atoms with Crippen molar-refractivity contribution in [2.75, 3.05) is 32.1 Å². The number of amides is 2. The van der Waals surface area contributed by atoms with Crippen LogP contribution in [0.2, 0.25) is 0 Å². The monoisotopic (exact) mass is 475 g/mol. The number of hydrogen-bond acceptors (Lipinski definition) is 6. The highest BCUT2D eigenvalue weighted by Crippen LogP contribution is 2.17. The van der Waals surface area contributed by atoms with E-state index in [1.165, 1.54) is 38.2 Å². The lowest BCUT2D eigenvalue weighted by Gasteiger charge is -2.17. The Morgan fingerprint density at radius 1 is 1.00 bits per heavy atom. The molecule has 0 unspecified atom stereocenters. The van der Waals surface area contributed by atoms with Crippen LogP contribution in [0.15, 0.2) is 53.4 Å². The van der Waals surface area contributed by atoms with Crippen LogP contribution in [0.4, 0.5) is 5.69 Å². The van der Waals surface area contributed by atoms with E-state index in [4.69, 9.17) is 4.74 Å². The molecule has 10 heteroatoms. The normalized spacial score (nSPS) is 11.2. The number of carbonyl (C=O) groups is 3. The SMILES string of the molecule is CC(=O)Nc1ccc(S(=O)(=O)N(C)CC(=O)OCCNC(=O)CCc2ccc(C)cc2)cc1. The van der Waals surface area contributed by atoms with Crippen molar-refractivity contribution >= 4 is 33.5 Å². The highest BCUT2D eigenvalue weighted by atomic mass is 32.2. The van der Waals surface area contributed by atoms with Crippen LogP contribution in [-0.2, 0) is 35.6 Å². The van der Waals surface area contributed by atoms with Gasteiger partial charge in [-0.05, 0) is 43.2 Å². The lowest BCUT2D eigenvalue weighted by atomic mass is 10.1. The second-order valence-electron chi connectivity index (χ2n) is 7.52. The van der Waals surface area contributed by atoms with Crippen LogP contribution < -0.4 is 10.6 Å². The van der Waals surface area contributed by atoms with E-state index in [1.54, 1.807) is 0 Å². The van der Waals surface area contributed by atoms with E-state index in [-0.39, 0.29) is 29.9 Å². The summed E-state index contributed by atoms with van der Waals surface area (Å²) in [6, 6.07) is 13.5. The Labute approximate surface area is 194 Å². The molecule has 0 saturated carbocycles. The van der Waals surface area contributed by atoms with Crippen molar-refractivity contribution in [3.05, 3.63) is 59.7 Å². The molecule has 2 aromatic rings. The Bertz CT molecular complexity index is 1070. The average molecular weight is 476 g/mol. The molecule has 0 aromatic heterocycles. The summed E-state index contributed by atoms with van der Waals surface area (Å²) in [7, 11) is -2.64. The van der Waals surface area contributed by atoms with Gasteiger partial charge in [-0.15, -0.1) is 0 Å². The zero-order valence-corrected chi connectivity index (χ0v) is 19.8. The molecule has 0 radical (unpaired) electrons. The van der Waals surface area contributed by atoms with Gasteiger partial charge in [-0.1, -0.05) is 29.8 Å². The van der Waals surface area contributed by atoms with Gasteiger partial charge in [0.05, 0.1) is 11.4 Å². The largest absolute Gasteiger partial charge is 0.463 e. The number of likely N-dealkylation sites (N-methyl/N-ethyl adjacent to an activating group) is 1. The van der Waals surface area contributed by atoms with Crippen LogP contribution in [0.25, 0.3) is 0 Å². The lowest BCUT2D eigenvalue weighted by Crippen LogP contribution is -2.34. The Morgan fingerprint density at radius 3 is 2.24 bits per heavy atom. The maximum absolute atomic E-state index is 12.6. The quantitative estimate of drug-likeness (QED) is 0.378. The van der Waals surface area contributed by atoms with Crippen molar-refractivity contribution in [2.45, 2.75) is 31.6 Å². The van der Waals surface area contributed by atoms with E-state index in [1.807, 2.05) is 31.2 Å². The van der Waals surface area contributed by atoms with Crippen LogP contribution >= 0.6 is 0 Å². The summed E-state index contributed by atoms with van der Waals surface area (Å²) in [5, 5.41) is 5.22. The van der Waals surface area contributed by atoms with Gasteiger partial charge in [0.25, 0.3) is 0 Å². The Balaban J connectivity index is 1.71. The molecule has 0 spiro atoms. The summed E-state index contributed by atoms with van der Waals surface area (Å²) in [6.45, 7) is 2.95. The van der Waals surface area contributed by atoms with Crippen LogP contribution in [0.1, 0.15) is 24.5 Å². The minimum absolute atomic E-state index is 0.0206. The van der Waals surface area contributed by atoms with Crippen molar-refractivity contribution in [2.24, 2.45) is 0 Å². The maximum Gasteiger partial charge on any atom is 0.321 e. The number of nitrogens with zero attached hydrogens (tertiary/aromatic N) is 1. The van der Waals surface area contributed by atoms with Gasteiger partial charge in [0, 0.05) is 26.1 Å². The van der Waals surface area contributed by atoms with E-state index in [2.05, 4.69) is 10.6 Å². The van der Waals surface area contributed by atoms with Crippen LogP contribution in [-0.4, -0.2) is 57.3 Å². The number of carbonyl (C=O) groups excluding carboxylic acids is 3. The molecule has 0 aliphatic rings. The molecule has 2 aromatic carbocycles. The van der Waals surface area contributed by atoms with E-state index in [0.717, 1.165) is 15.4 Å². The van der Waals surface area contributed by atoms with E-state index < -0.39 is 22.5 Å². The first kappa shape index (κ1) is 26.0. The number of esters is 1. The molecule has 33 heavy (non-hydrogen) atoms. The van der Waals surface area contributed by atoms with Gasteiger partial charge >= 0.3 is 5.97 Å². The molecule has 2 amide bonds. The Kier molecular flexibility index (Phi) is 9.56. The predicted octanol–water partition coefficient (Wildman–Crippen LogP) is 1.87. The molecule has 0 aliphatic heterocycles. The molecule has 0 aliphatic carbocycles. The number of aryl methyl sites for hydroxylation is 2. The summed E-state index contributed by atoms with van der Waals surface area (Å²) in [5.74, 6) is -1.16. The van der Waals surface area contributed by atoms with Crippen LogP contribution in [0, 0.1) is 6.92 Å². The maximum atomic E-state index is 12.6. The minimum Gasteiger partial charge on any atom is -0.463 e. The first-order chi connectivity index (χ1) is 15.6. The fourth-order valence-electron chi connectivity index (χ4n) is 2.86. The van der Waals surface area contributed by atoms with Crippen molar-refractivity contribution in [1.29, 1.82) is 0 Å². The van der Waals surface area contributed by atoms with Crippen LogP contribution in [0.3, 0.4) is 0 Å². The van der Waals surface area contributed by atoms with E-state index in [0.29, 0.717) is 18.5 Å². The number of ether oxygens (including phenoxy) is 1. The second kappa shape index (κ2) is 12.1.